The summed E-state index contributed by atoms with van der Waals surface area (Å²) >= 11 is 3.00. The fourth-order valence-electron chi connectivity index (χ4n) is 2.78. The van der Waals surface area contributed by atoms with Crippen LogP contribution in [0, 0.1) is 0 Å². The molecule has 0 saturated carbocycles. The molecule has 0 bridgehead atoms. The fraction of sp³-hybridized carbons (Fsp3) is 0.100. The van der Waals surface area contributed by atoms with Crippen LogP contribution >= 0.6 is 23.1 Å². The van der Waals surface area contributed by atoms with Gasteiger partial charge in [0.2, 0.25) is 0 Å². The lowest BCUT2D eigenvalue weighted by atomic mass is 10.1. The molecular formula is C20H14N2O4S2. The lowest BCUT2D eigenvalue weighted by Gasteiger charge is -2.15. The second-order valence-electron chi connectivity index (χ2n) is 5.91. The molecule has 4 rings (SSSR count). The number of amides is 2. The Morgan fingerprint density at radius 2 is 1.71 bits per heavy atom. The monoisotopic (exact) mass is 410 g/mol. The first-order valence-electron chi connectivity index (χ1n) is 8.36. The zero-order valence-corrected chi connectivity index (χ0v) is 16.2. The average molecular weight is 410 g/mol. The Labute approximate surface area is 169 Å². The summed E-state index contributed by atoms with van der Waals surface area (Å²) in [7, 11) is 0. The number of fused-ring (bicyclic) bond motifs is 1. The third-order valence-corrected chi connectivity index (χ3v) is 5.91. The zero-order chi connectivity index (χ0) is 19.5. The summed E-state index contributed by atoms with van der Waals surface area (Å²) in [5.41, 5.74) is 3.73. The van der Waals surface area contributed by atoms with Crippen molar-refractivity contribution < 1.29 is 19.1 Å². The van der Waals surface area contributed by atoms with Crippen LogP contribution in [0.15, 0.2) is 64.3 Å². The van der Waals surface area contributed by atoms with Gasteiger partial charge in [0, 0.05) is 16.0 Å². The molecule has 1 aliphatic rings. The summed E-state index contributed by atoms with van der Waals surface area (Å²) in [6.45, 7) is -0.420. The first-order valence-corrected chi connectivity index (χ1v) is 10.3. The molecule has 0 fully saturated rings. The molecular weight excluding hydrogens is 396 g/mol. The molecule has 0 aliphatic carbocycles. The maximum absolute atomic E-state index is 12.6. The Balaban J connectivity index is 1.43. The molecule has 0 N–H and O–H groups in total. The van der Waals surface area contributed by atoms with E-state index in [9.17, 15) is 14.4 Å². The van der Waals surface area contributed by atoms with E-state index in [1.165, 1.54) is 23.1 Å². The van der Waals surface area contributed by atoms with Gasteiger partial charge in [-0.05, 0) is 24.3 Å². The molecule has 2 amide bonds. The number of aromatic nitrogens is 1. The van der Waals surface area contributed by atoms with Crippen LogP contribution in [0.5, 0.6) is 0 Å². The Hall–Kier alpha value is -2.97. The van der Waals surface area contributed by atoms with Gasteiger partial charge in [0.25, 0.3) is 11.8 Å². The summed E-state index contributed by atoms with van der Waals surface area (Å²) < 4.78 is 5.28. The van der Waals surface area contributed by atoms with E-state index in [0.717, 1.165) is 15.5 Å². The number of carbonyl (C=O) groups is 3. The molecule has 3 aromatic rings. The largest absolute Gasteiger partial charge is 0.440 e. The fourth-order valence-corrected chi connectivity index (χ4v) is 4.39. The molecule has 0 radical (unpaired) electrons. The second kappa shape index (κ2) is 7.95. The van der Waals surface area contributed by atoms with E-state index in [-0.39, 0.29) is 0 Å². The number of nitrogens with zero attached hydrogens (tertiary/aromatic N) is 2. The van der Waals surface area contributed by atoms with Crippen molar-refractivity contribution in [1.82, 2.24) is 9.88 Å². The number of rotatable bonds is 6. The van der Waals surface area contributed by atoms with Gasteiger partial charge in [0.05, 0.1) is 27.9 Å². The first-order chi connectivity index (χ1) is 13.6. The van der Waals surface area contributed by atoms with E-state index in [2.05, 4.69) is 4.98 Å². The molecule has 28 heavy (non-hydrogen) atoms. The highest BCUT2D eigenvalue weighted by Gasteiger charge is 2.35. The number of ether oxygens (including phenoxy) is 1. The molecule has 0 unspecified atom stereocenters. The third kappa shape index (κ3) is 3.56. The van der Waals surface area contributed by atoms with Gasteiger partial charge in [-0.15, -0.1) is 23.1 Å². The van der Waals surface area contributed by atoms with Crippen LogP contribution in [0.25, 0.3) is 0 Å². The van der Waals surface area contributed by atoms with Gasteiger partial charge in [-0.25, -0.2) is 14.7 Å². The van der Waals surface area contributed by atoms with Crippen molar-refractivity contribution in [2.45, 2.75) is 10.6 Å². The molecule has 0 saturated heterocycles. The minimum atomic E-state index is -0.585. The van der Waals surface area contributed by atoms with Gasteiger partial charge in [-0.1, -0.05) is 24.3 Å². The lowest BCUT2D eigenvalue weighted by Crippen LogP contribution is -2.33. The molecule has 1 aliphatic heterocycles. The summed E-state index contributed by atoms with van der Waals surface area (Å²) in [5, 5.41) is 1.95. The Kier molecular flexibility index (Phi) is 5.23. The SMILES string of the molecule is O=C(OCN1C(=O)c2ccccc2C1=O)c1ccccc1SCc1cscn1. The predicted molar refractivity (Wildman–Crippen MR) is 105 cm³/mol. The summed E-state index contributed by atoms with van der Waals surface area (Å²) in [6.07, 6.45) is 0. The Morgan fingerprint density at radius 3 is 2.39 bits per heavy atom. The molecule has 1 aromatic heterocycles. The number of thiazole rings is 1. The van der Waals surface area contributed by atoms with E-state index >= 15 is 0 Å². The van der Waals surface area contributed by atoms with Crippen molar-refractivity contribution in [2.75, 3.05) is 6.73 Å². The van der Waals surface area contributed by atoms with Gasteiger partial charge < -0.3 is 4.74 Å². The van der Waals surface area contributed by atoms with Gasteiger partial charge in [-0.3, -0.25) is 9.59 Å². The van der Waals surface area contributed by atoms with E-state index in [1.54, 1.807) is 41.9 Å². The van der Waals surface area contributed by atoms with Gasteiger partial charge in [0.15, 0.2) is 6.73 Å². The topological polar surface area (TPSA) is 76.6 Å². The number of thioether (sulfide) groups is 1. The number of benzene rings is 2. The molecule has 2 aromatic carbocycles. The van der Waals surface area contributed by atoms with E-state index in [1.807, 2.05) is 17.5 Å². The third-order valence-electron chi connectivity index (χ3n) is 4.17. The quantitative estimate of drug-likeness (QED) is 0.349. The zero-order valence-electron chi connectivity index (χ0n) is 14.5. The van der Waals surface area contributed by atoms with E-state index < -0.39 is 24.5 Å². The second-order valence-corrected chi connectivity index (χ2v) is 7.65. The summed E-state index contributed by atoms with van der Waals surface area (Å²) in [5.74, 6) is -0.872. The molecule has 2 heterocycles. The highest BCUT2D eigenvalue weighted by atomic mass is 32.2. The van der Waals surface area contributed by atoms with Crippen molar-refractivity contribution in [2.24, 2.45) is 0 Å². The van der Waals surface area contributed by atoms with Crippen LogP contribution < -0.4 is 0 Å². The van der Waals surface area contributed by atoms with Crippen LogP contribution in [-0.2, 0) is 10.5 Å². The average Bonchev–Trinajstić information content (AvgIpc) is 3.33. The lowest BCUT2D eigenvalue weighted by molar-refractivity contribution is 0.0225. The number of hydrogen-bond acceptors (Lipinski definition) is 7. The van der Waals surface area contributed by atoms with E-state index in [4.69, 9.17) is 4.74 Å². The Morgan fingerprint density at radius 1 is 1.04 bits per heavy atom. The molecule has 140 valence electrons. The number of hydrogen-bond donors (Lipinski definition) is 0. The maximum atomic E-state index is 12.6. The number of esters is 1. The van der Waals surface area contributed by atoms with Crippen molar-refractivity contribution in [3.8, 4) is 0 Å². The summed E-state index contributed by atoms with van der Waals surface area (Å²) in [4.78, 5) is 43.2. The van der Waals surface area contributed by atoms with Crippen LogP contribution in [0.4, 0.5) is 0 Å². The van der Waals surface area contributed by atoms with Gasteiger partial charge >= 0.3 is 5.97 Å². The smallest absolute Gasteiger partial charge is 0.341 e. The number of imide groups is 1. The van der Waals surface area contributed by atoms with Crippen LogP contribution in [0.1, 0.15) is 36.8 Å². The predicted octanol–water partition coefficient (Wildman–Crippen LogP) is 3.85. The van der Waals surface area contributed by atoms with Gasteiger partial charge in [-0.2, -0.15) is 0 Å². The minimum absolute atomic E-state index is 0.322. The Bertz CT molecular complexity index is 1010. The minimum Gasteiger partial charge on any atom is -0.440 e. The van der Waals surface area contributed by atoms with E-state index in [0.29, 0.717) is 22.4 Å². The molecule has 0 spiro atoms. The first kappa shape index (κ1) is 18.4. The van der Waals surface area contributed by atoms with Crippen LogP contribution in [-0.4, -0.2) is 34.4 Å². The highest BCUT2D eigenvalue weighted by molar-refractivity contribution is 7.98. The maximum Gasteiger partial charge on any atom is 0.341 e. The van der Waals surface area contributed by atoms with Crippen LogP contribution in [0.3, 0.4) is 0 Å². The molecule has 8 heteroatoms. The standard InChI is InChI=1S/C20H14N2O4S2/c23-18-14-5-1-2-6-15(14)19(24)22(18)12-26-20(25)16-7-3-4-8-17(16)28-10-13-9-27-11-21-13/h1-9,11H,10,12H2. The van der Waals surface area contributed by atoms with Gasteiger partial charge in [0.1, 0.15) is 0 Å². The van der Waals surface area contributed by atoms with Crippen molar-refractivity contribution >= 4 is 40.9 Å². The van der Waals surface area contributed by atoms with Crippen molar-refractivity contribution in [3.63, 3.8) is 0 Å². The molecule has 0 atom stereocenters. The summed E-state index contributed by atoms with van der Waals surface area (Å²) in [6, 6.07) is 13.6. The highest BCUT2D eigenvalue weighted by Crippen LogP contribution is 2.27. The van der Waals surface area contributed by atoms with Crippen molar-refractivity contribution in [1.29, 1.82) is 0 Å². The van der Waals surface area contributed by atoms with Crippen LogP contribution in [0.2, 0.25) is 0 Å². The van der Waals surface area contributed by atoms with Crippen molar-refractivity contribution in [3.05, 3.63) is 81.8 Å². The molecule has 6 nitrogen and oxygen atoms in total. The number of carbonyl (C=O) groups excluding carboxylic acids is 3. The normalized spacial score (nSPS) is 12.9.